The molecule has 0 aromatic heterocycles. The zero-order valence-electron chi connectivity index (χ0n) is 20.9. The Kier molecular flexibility index (Phi) is 9.01. The normalized spacial score (nSPS) is 11.2. The molecule has 0 saturated heterocycles. The lowest BCUT2D eigenvalue weighted by molar-refractivity contribution is 0.415. The topological polar surface area (TPSA) is 36.9 Å². The van der Waals surface area contributed by atoms with E-state index in [0.717, 1.165) is 23.0 Å². The molecule has 4 nitrogen and oxygen atoms in total. The molecule has 0 amide bonds. The largest absolute Gasteiger partial charge is 0.497 e. The fourth-order valence-corrected chi connectivity index (χ4v) is 7.98. The zero-order chi connectivity index (χ0) is 25.3. The van der Waals surface area contributed by atoms with Crippen LogP contribution >= 0.6 is 15.8 Å². The average molecular weight is 517 g/mol. The Morgan fingerprint density at radius 2 is 0.556 bits per heavy atom. The minimum atomic E-state index is -0.742. The summed E-state index contributed by atoms with van der Waals surface area (Å²) in [6.07, 6.45) is 0. The first-order valence-electron chi connectivity index (χ1n) is 11.5. The van der Waals surface area contributed by atoms with Crippen LogP contribution in [-0.4, -0.2) is 28.4 Å². The summed E-state index contributed by atoms with van der Waals surface area (Å²) < 4.78 is 21.6. The molecule has 0 aliphatic heterocycles. The zero-order valence-corrected chi connectivity index (χ0v) is 22.7. The van der Waals surface area contributed by atoms with E-state index in [0.29, 0.717) is 0 Å². The second kappa shape index (κ2) is 12.6. The van der Waals surface area contributed by atoms with E-state index in [1.54, 1.807) is 28.4 Å². The summed E-state index contributed by atoms with van der Waals surface area (Å²) in [6, 6.07) is 33.4. The summed E-state index contributed by atoms with van der Waals surface area (Å²) >= 11 is 0. The van der Waals surface area contributed by atoms with Gasteiger partial charge in [0.2, 0.25) is 0 Å². The van der Waals surface area contributed by atoms with E-state index < -0.39 is 15.8 Å². The van der Waals surface area contributed by atoms with Crippen LogP contribution in [0.2, 0.25) is 0 Å². The lowest BCUT2D eigenvalue weighted by atomic mass is 10.3. The predicted octanol–water partition coefficient (Wildman–Crippen LogP) is 5.76. The van der Waals surface area contributed by atoms with Crippen molar-refractivity contribution in [3.63, 3.8) is 0 Å². The second-order valence-electron chi connectivity index (χ2n) is 7.83. The van der Waals surface area contributed by atoms with Gasteiger partial charge in [-0.1, -0.05) is 60.2 Å². The van der Waals surface area contributed by atoms with Gasteiger partial charge >= 0.3 is 0 Å². The molecule has 0 heterocycles. The third kappa shape index (κ3) is 6.26. The van der Waals surface area contributed by atoms with Crippen molar-refractivity contribution in [2.45, 2.75) is 0 Å². The number of hydrogen-bond donors (Lipinski definition) is 0. The van der Waals surface area contributed by atoms with Crippen molar-refractivity contribution in [2.75, 3.05) is 28.4 Å². The third-order valence-corrected chi connectivity index (χ3v) is 10.3. The molecule has 0 radical (unpaired) electrons. The van der Waals surface area contributed by atoms with Gasteiger partial charge in [-0.3, -0.25) is 0 Å². The van der Waals surface area contributed by atoms with E-state index in [1.807, 2.05) is 48.5 Å². The number of rotatable bonds is 10. The fraction of sp³-hybridized carbons (Fsp3) is 0.133. The Balaban J connectivity index is 1.76. The lowest BCUT2D eigenvalue weighted by Crippen LogP contribution is -2.12. The van der Waals surface area contributed by atoms with Gasteiger partial charge in [-0.25, -0.2) is 0 Å². The first-order valence-corrected chi connectivity index (χ1v) is 14.3. The fourth-order valence-electron chi connectivity index (χ4n) is 3.75. The van der Waals surface area contributed by atoms with Gasteiger partial charge in [-0.05, 0) is 85.6 Å². The van der Waals surface area contributed by atoms with Gasteiger partial charge in [0.1, 0.15) is 23.0 Å². The molecule has 0 unspecified atom stereocenters. The minimum absolute atomic E-state index is 0.742. The molecule has 0 N–H and O–H groups in total. The van der Waals surface area contributed by atoms with E-state index in [2.05, 4.69) is 60.2 Å². The molecule has 0 spiro atoms. The Hall–Kier alpha value is -3.32. The van der Waals surface area contributed by atoms with E-state index in [9.17, 15) is 0 Å². The van der Waals surface area contributed by atoms with E-state index in [-0.39, 0.29) is 0 Å². The van der Waals surface area contributed by atoms with Gasteiger partial charge in [0.05, 0.1) is 28.4 Å². The maximum Gasteiger partial charge on any atom is 0.118 e. The first kappa shape index (κ1) is 25.8. The molecule has 0 aliphatic carbocycles. The molecule has 4 rings (SSSR count). The molecule has 0 bridgehead atoms. The Bertz CT molecular complexity index is 1060. The quantitative estimate of drug-likeness (QED) is 0.251. The number of ether oxygens (including phenoxy) is 4. The first-order chi connectivity index (χ1) is 17.6. The van der Waals surface area contributed by atoms with Gasteiger partial charge < -0.3 is 18.9 Å². The van der Waals surface area contributed by atoms with Crippen LogP contribution in [0.25, 0.3) is 0 Å². The van der Waals surface area contributed by atoms with Crippen molar-refractivity contribution in [1.82, 2.24) is 0 Å². The Morgan fingerprint density at radius 1 is 0.361 bits per heavy atom. The monoisotopic (exact) mass is 516 g/mol. The standard InChI is InChI=1S/C30H30O4P2/c1-31-23-5-13-27(14-6-23)35(28-15-7-24(32-2)8-16-28)21-22-36(29-17-9-25(33-3)10-18-29)30-19-11-26(34-4)12-20-30/h5-22H,1-4H3/b22-21-. The molecular weight excluding hydrogens is 486 g/mol. The number of hydrogen-bond acceptors (Lipinski definition) is 4. The molecule has 0 saturated carbocycles. The predicted molar refractivity (Wildman–Crippen MR) is 153 cm³/mol. The summed E-state index contributed by atoms with van der Waals surface area (Å²) in [5, 5.41) is 5.02. The smallest absolute Gasteiger partial charge is 0.118 e. The minimum Gasteiger partial charge on any atom is -0.497 e. The number of methoxy groups -OCH3 is 4. The third-order valence-electron chi connectivity index (χ3n) is 5.77. The van der Waals surface area contributed by atoms with Crippen LogP contribution in [0.5, 0.6) is 23.0 Å². The maximum absolute atomic E-state index is 5.39. The molecule has 4 aromatic rings. The summed E-state index contributed by atoms with van der Waals surface area (Å²) in [6.45, 7) is 0. The van der Waals surface area contributed by atoms with Gasteiger partial charge in [0, 0.05) is 0 Å². The Morgan fingerprint density at radius 3 is 0.722 bits per heavy atom. The van der Waals surface area contributed by atoms with Crippen LogP contribution in [0.4, 0.5) is 0 Å². The SMILES string of the molecule is COc1ccc(P(/C=C\P(c2ccc(OC)cc2)c2ccc(OC)cc2)c2ccc(OC)cc2)cc1. The van der Waals surface area contributed by atoms with Crippen molar-refractivity contribution in [1.29, 1.82) is 0 Å². The second-order valence-corrected chi connectivity index (χ2v) is 12.0. The molecule has 4 aromatic carbocycles. The Labute approximate surface area is 216 Å². The summed E-state index contributed by atoms with van der Waals surface area (Å²) in [5.41, 5.74) is 0. The summed E-state index contributed by atoms with van der Waals surface area (Å²) in [5.74, 6) is 8.16. The molecule has 0 fully saturated rings. The maximum atomic E-state index is 5.39. The molecule has 36 heavy (non-hydrogen) atoms. The van der Waals surface area contributed by atoms with Crippen LogP contribution in [0.1, 0.15) is 0 Å². The van der Waals surface area contributed by atoms with Crippen LogP contribution in [0, 0.1) is 0 Å². The highest BCUT2D eigenvalue weighted by Crippen LogP contribution is 2.43. The van der Waals surface area contributed by atoms with Crippen molar-refractivity contribution in [3.8, 4) is 23.0 Å². The van der Waals surface area contributed by atoms with Gasteiger partial charge in [0.15, 0.2) is 0 Å². The highest BCUT2D eigenvalue weighted by Gasteiger charge is 2.16. The highest BCUT2D eigenvalue weighted by molar-refractivity contribution is 7.79. The van der Waals surface area contributed by atoms with Crippen molar-refractivity contribution < 1.29 is 18.9 Å². The van der Waals surface area contributed by atoms with E-state index in [4.69, 9.17) is 18.9 Å². The highest BCUT2D eigenvalue weighted by atomic mass is 31.1. The summed E-state index contributed by atoms with van der Waals surface area (Å²) in [7, 11) is 5.29. The molecular formula is C30H30O4P2. The van der Waals surface area contributed by atoms with Crippen LogP contribution < -0.4 is 40.2 Å². The molecule has 6 heteroatoms. The van der Waals surface area contributed by atoms with Crippen molar-refractivity contribution in [2.24, 2.45) is 0 Å². The van der Waals surface area contributed by atoms with Gasteiger partial charge in [-0.2, -0.15) is 0 Å². The number of benzene rings is 4. The van der Waals surface area contributed by atoms with E-state index in [1.165, 1.54) is 21.2 Å². The summed E-state index contributed by atoms with van der Waals surface area (Å²) in [4.78, 5) is 0. The van der Waals surface area contributed by atoms with Crippen LogP contribution in [-0.2, 0) is 0 Å². The van der Waals surface area contributed by atoms with Crippen molar-refractivity contribution in [3.05, 3.63) is 109 Å². The average Bonchev–Trinajstić information content (AvgIpc) is 2.96. The van der Waals surface area contributed by atoms with Crippen molar-refractivity contribution >= 4 is 37.1 Å². The van der Waals surface area contributed by atoms with Crippen LogP contribution in [0.3, 0.4) is 0 Å². The van der Waals surface area contributed by atoms with E-state index >= 15 is 0 Å². The molecule has 0 aliphatic rings. The lowest BCUT2D eigenvalue weighted by Gasteiger charge is -2.19. The van der Waals surface area contributed by atoms with Crippen LogP contribution in [0.15, 0.2) is 109 Å². The molecule has 0 atom stereocenters. The van der Waals surface area contributed by atoms with Gasteiger partial charge in [0.25, 0.3) is 0 Å². The van der Waals surface area contributed by atoms with Gasteiger partial charge in [-0.15, -0.1) is 0 Å². The molecule has 184 valence electrons.